The van der Waals surface area contributed by atoms with Crippen molar-refractivity contribution in [2.45, 2.75) is 31.6 Å². The Hall–Kier alpha value is -2.37. The van der Waals surface area contributed by atoms with Crippen LogP contribution in [0.15, 0.2) is 48.5 Å². The molecule has 1 aliphatic heterocycles. The van der Waals surface area contributed by atoms with E-state index in [1.165, 1.54) is 0 Å². The highest BCUT2D eigenvalue weighted by atomic mass is 16.5. The van der Waals surface area contributed by atoms with Gasteiger partial charge in [-0.1, -0.05) is 36.4 Å². The molecule has 5 nitrogen and oxygen atoms in total. The normalized spacial score (nSPS) is 19.6. The molecule has 3 N–H and O–H groups in total. The van der Waals surface area contributed by atoms with E-state index in [0.29, 0.717) is 13.1 Å². The first-order valence-corrected chi connectivity index (χ1v) is 8.56. The van der Waals surface area contributed by atoms with Gasteiger partial charge >= 0.3 is 0 Å². The molecule has 0 unspecified atom stereocenters. The first-order chi connectivity index (χ1) is 12.2. The number of amides is 1. The Bertz CT molecular complexity index is 698. The minimum Gasteiger partial charge on any atom is -0.497 e. The maximum atomic E-state index is 12.1. The predicted octanol–water partition coefficient (Wildman–Crippen LogP) is 2.48. The lowest BCUT2D eigenvalue weighted by Gasteiger charge is -2.13. The van der Waals surface area contributed by atoms with Gasteiger partial charge in [0.1, 0.15) is 11.9 Å². The molecule has 1 fully saturated rings. The van der Waals surface area contributed by atoms with Crippen LogP contribution in [0.5, 0.6) is 5.75 Å². The van der Waals surface area contributed by atoms with Crippen LogP contribution >= 0.6 is 0 Å². The number of benzene rings is 2. The third-order valence-corrected chi connectivity index (χ3v) is 4.51. The van der Waals surface area contributed by atoms with Gasteiger partial charge in [-0.25, -0.2) is 0 Å². The molecule has 2 atom stereocenters. The van der Waals surface area contributed by atoms with E-state index in [-0.39, 0.29) is 18.1 Å². The first kappa shape index (κ1) is 17.5. The SMILES string of the molecule is COc1ccc(-c2ccc(CNC(=O)[C@@H]3CC[C@H](CN)O3)cc2)cc1. The minimum atomic E-state index is -0.368. The second-order valence-electron chi connectivity index (χ2n) is 6.20. The van der Waals surface area contributed by atoms with Crippen LogP contribution in [0.1, 0.15) is 18.4 Å². The fourth-order valence-electron chi connectivity index (χ4n) is 2.97. The van der Waals surface area contributed by atoms with Gasteiger partial charge in [-0.3, -0.25) is 4.79 Å². The molecule has 0 aromatic heterocycles. The number of rotatable bonds is 6. The van der Waals surface area contributed by atoms with Crippen molar-refractivity contribution >= 4 is 5.91 Å². The molecule has 1 saturated heterocycles. The summed E-state index contributed by atoms with van der Waals surface area (Å²) >= 11 is 0. The Morgan fingerprint density at radius 2 is 1.76 bits per heavy atom. The highest BCUT2D eigenvalue weighted by Gasteiger charge is 2.29. The molecular formula is C20H24N2O3. The maximum Gasteiger partial charge on any atom is 0.249 e. The van der Waals surface area contributed by atoms with Crippen molar-refractivity contribution in [1.29, 1.82) is 0 Å². The average Bonchev–Trinajstić information content (AvgIpc) is 3.16. The van der Waals surface area contributed by atoms with Gasteiger partial charge in [-0.05, 0) is 41.7 Å². The van der Waals surface area contributed by atoms with Crippen molar-refractivity contribution in [3.63, 3.8) is 0 Å². The van der Waals surface area contributed by atoms with E-state index in [9.17, 15) is 4.79 Å². The zero-order valence-corrected chi connectivity index (χ0v) is 14.4. The quantitative estimate of drug-likeness (QED) is 0.847. The van der Waals surface area contributed by atoms with Gasteiger partial charge in [0, 0.05) is 13.1 Å². The van der Waals surface area contributed by atoms with Crippen molar-refractivity contribution in [3.8, 4) is 16.9 Å². The Morgan fingerprint density at radius 3 is 2.32 bits per heavy atom. The van der Waals surface area contributed by atoms with E-state index >= 15 is 0 Å². The van der Waals surface area contributed by atoms with Crippen molar-refractivity contribution < 1.29 is 14.3 Å². The molecule has 3 rings (SSSR count). The van der Waals surface area contributed by atoms with Crippen LogP contribution in [0.25, 0.3) is 11.1 Å². The topological polar surface area (TPSA) is 73.6 Å². The summed E-state index contributed by atoms with van der Waals surface area (Å²) in [6, 6.07) is 16.1. The molecule has 0 bridgehead atoms. The van der Waals surface area contributed by atoms with Crippen molar-refractivity contribution in [2.24, 2.45) is 5.73 Å². The number of carbonyl (C=O) groups excluding carboxylic acids is 1. The fraction of sp³-hybridized carbons (Fsp3) is 0.350. The monoisotopic (exact) mass is 340 g/mol. The summed E-state index contributed by atoms with van der Waals surface area (Å²) in [4.78, 5) is 12.1. The number of nitrogens with two attached hydrogens (primary N) is 1. The third-order valence-electron chi connectivity index (χ3n) is 4.51. The predicted molar refractivity (Wildman–Crippen MR) is 97.2 cm³/mol. The van der Waals surface area contributed by atoms with Crippen LogP contribution in [0.3, 0.4) is 0 Å². The summed E-state index contributed by atoms with van der Waals surface area (Å²) in [6.45, 7) is 0.964. The number of ether oxygens (including phenoxy) is 2. The summed E-state index contributed by atoms with van der Waals surface area (Å²) < 4.78 is 10.8. The Labute approximate surface area is 148 Å². The molecule has 0 radical (unpaired) electrons. The second-order valence-corrected chi connectivity index (χ2v) is 6.20. The lowest BCUT2D eigenvalue weighted by molar-refractivity contribution is -0.132. The van der Waals surface area contributed by atoms with Crippen LogP contribution in [0.2, 0.25) is 0 Å². The van der Waals surface area contributed by atoms with Crippen molar-refractivity contribution in [1.82, 2.24) is 5.32 Å². The molecule has 0 spiro atoms. The summed E-state index contributed by atoms with van der Waals surface area (Å²) in [6.07, 6.45) is 1.24. The lowest BCUT2D eigenvalue weighted by Crippen LogP contribution is -2.35. The van der Waals surface area contributed by atoms with Crippen molar-refractivity contribution in [2.75, 3.05) is 13.7 Å². The molecule has 25 heavy (non-hydrogen) atoms. The number of nitrogens with one attached hydrogen (secondary N) is 1. The molecule has 0 aliphatic carbocycles. The van der Waals surface area contributed by atoms with E-state index < -0.39 is 0 Å². The molecule has 5 heteroatoms. The number of hydrogen-bond acceptors (Lipinski definition) is 4. The summed E-state index contributed by atoms with van der Waals surface area (Å²) in [7, 11) is 1.66. The smallest absolute Gasteiger partial charge is 0.249 e. The molecule has 2 aromatic rings. The van der Waals surface area contributed by atoms with Gasteiger partial charge in [0.05, 0.1) is 13.2 Å². The van der Waals surface area contributed by atoms with E-state index in [1.54, 1.807) is 7.11 Å². The second kappa shape index (κ2) is 8.14. The van der Waals surface area contributed by atoms with Gasteiger partial charge in [-0.2, -0.15) is 0 Å². The fourth-order valence-corrected chi connectivity index (χ4v) is 2.97. The van der Waals surface area contributed by atoms with E-state index in [2.05, 4.69) is 17.4 Å². The molecule has 2 aromatic carbocycles. The zero-order chi connectivity index (χ0) is 17.6. The third kappa shape index (κ3) is 4.38. The lowest BCUT2D eigenvalue weighted by atomic mass is 10.0. The van der Waals surface area contributed by atoms with Gasteiger partial charge in [0.25, 0.3) is 0 Å². The standard InChI is InChI=1S/C20H24N2O3/c1-24-17-8-6-16(7-9-17)15-4-2-14(3-5-15)13-22-20(23)19-11-10-18(12-21)25-19/h2-9,18-19H,10-13,21H2,1H3,(H,22,23)/t18-,19+/m1/s1. The van der Waals surface area contributed by atoms with E-state index in [0.717, 1.165) is 35.3 Å². The zero-order valence-electron chi connectivity index (χ0n) is 14.4. The van der Waals surface area contributed by atoms with Crippen LogP contribution < -0.4 is 15.8 Å². The number of carbonyl (C=O) groups is 1. The van der Waals surface area contributed by atoms with Crippen LogP contribution in [0.4, 0.5) is 0 Å². The summed E-state index contributed by atoms with van der Waals surface area (Å²) in [5, 5.41) is 2.94. The molecular weight excluding hydrogens is 316 g/mol. The Morgan fingerprint density at radius 1 is 1.12 bits per heavy atom. The molecule has 132 valence electrons. The van der Waals surface area contributed by atoms with Crippen molar-refractivity contribution in [3.05, 3.63) is 54.1 Å². The summed E-state index contributed by atoms with van der Waals surface area (Å²) in [5.41, 5.74) is 8.89. The molecule has 1 amide bonds. The van der Waals surface area contributed by atoms with Gasteiger partial charge in [-0.15, -0.1) is 0 Å². The maximum absolute atomic E-state index is 12.1. The highest BCUT2D eigenvalue weighted by molar-refractivity contribution is 5.81. The van der Waals surface area contributed by atoms with E-state index in [4.69, 9.17) is 15.2 Å². The average molecular weight is 340 g/mol. The minimum absolute atomic E-state index is 0.0135. The van der Waals surface area contributed by atoms with Crippen LogP contribution in [-0.2, 0) is 16.1 Å². The van der Waals surface area contributed by atoms with Gasteiger partial charge in [0.2, 0.25) is 5.91 Å². The van der Waals surface area contributed by atoms with Gasteiger partial charge < -0.3 is 20.5 Å². The summed E-state index contributed by atoms with van der Waals surface area (Å²) in [5.74, 6) is 0.782. The Balaban J connectivity index is 1.54. The largest absolute Gasteiger partial charge is 0.497 e. The molecule has 1 heterocycles. The first-order valence-electron chi connectivity index (χ1n) is 8.56. The van der Waals surface area contributed by atoms with E-state index in [1.807, 2.05) is 36.4 Å². The molecule has 0 saturated carbocycles. The van der Waals surface area contributed by atoms with Crippen LogP contribution in [-0.4, -0.2) is 31.8 Å². The molecule has 1 aliphatic rings. The Kier molecular flexibility index (Phi) is 5.68. The van der Waals surface area contributed by atoms with Gasteiger partial charge in [0.15, 0.2) is 0 Å². The number of hydrogen-bond donors (Lipinski definition) is 2. The van der Waals surface area contributed by atoms with Crippen LogP contribution in [0, 0.1) is 0 Å². The highest BCUT2D eigenvalue weighted by Crippen LogP contribution is 2.23. The number of methoxy groups -OCH3 is 1.